The van der Waals surface area contributed by atoms with Gasteiger partial charge in [0.15, 0.2) is 0 Å². The average Bonchev–Trinajstić information content (AvgIpc) is 2.65. The minimum atomic E-state index is -0.309. The molecule has 3 rings (SSSR count). The largest absolute Gasteiger partial charge is 0.365 e. The van der Waals surface area contributed by atoms with Crippen LogP contribution in [0.4, 0.5) is 15.9 Å². The number of nitrogens with one attached hydrogen (secondary N) is 2. The van der Waals surface area contributed by atoms with E-state index in [0.717, 1.165) is 22.4 Å². The van der Waals surface area contributed by atoms with E-state index in [9.17, 15) is 9.18 Å². The van der Waals surface area contributed by atoms with Crippen molar-refractivity contribution >= 4 is 17.4 Å². The number of anilines is 2. The summed E-state index contributed by atoms with van der Waals surface area (Å²) in [7, 11) is 0. The first kappa shape index (κ1) is 17.5. The normalized spacial score (nSPS) is 10.4. The molecule has 0 aliphatic heterocycles. The number of aromatic nitrogens is 2. The molecule has 0 saturated heterocycles. The fourth-order valence-electron chi connectivity index (χ4n) is 2.40. The number of carbonyl (C=O) groups is 1. The van der Waals surface area contributed by atoms with Gasteiger partial charge in [-0.2, -0.15) is 0 Å². The van der Waals surface area contributed by atoms with E-state index in [2.05, 4.69) is 20.6 Å². The van der Waals surface area contributed by atoms with Crippen molar-refractivity contribution in [2.24, 2.45) is 0 Å². The SMILES string of the molecule is Cc1cccc(NC(=O)c2cnc(NCc3ccc(F)cc3)cn2)c1C. The van der Waals surface area contributed by atoms with Gasteiger partial charge in [-0.25, -0.2) is 14.4 Å². The topological polar surface area (TPSA) is 66.9 Å². The third-order valence-electron chi connectivity index (χ3n) is 4.12. The Bertz CT molecular complexity index is 908. The third-order valence-corrected chi connectivity index (χ3v) is 4.12. The number of benzene rings is 2. The molecule has 2 aromatic carbocycles. The van der Waals surface area contributed by atoms with Crippen LogP contribution in [0.2, 0.25) is 0 Å². The Morgan fingerprint density at radius 3 is 2.50 bits per heavy atom. The Kier molecular flexibility index (Phi) is 5.22. The molecule has 6 heteroatoms. The molecule has 0 unspecified atom stereocenters. The maximum absolute atomic E-state index is 12.9. The minimum Gasteiger partial charge on any atom is -0.365 e. The number of hydrogen-bond acceptors (Lipinski definition) is 4. The van der Waals surface area contributed by atoms with E-state index in [0.29, 0.717) is 12.4 Å². The van der Waals surface area contributed by atoms with Crippen molar-refractivity contribution in [3.05, 3.63) is 83.1 Å². The second-order valence-corrected chi connectivity index (χ2v) is 5.97. The summed E-state index contributed by atoms with van der Waals surface area (Å²) in [6, 6.07) is 11.9. The van der Waals surface area contributed by atoms with Crippen LogP contribution in [-0.4, -0.2) is 15.9 Å². The summed E-state index contributed by atoms with van der Waals surface area (Å²) in [5.74, 6) is -0.0401. The molecule has 0 radical (unpaired) electrons. The van der Waals surface area contributed by atoms with Gasteiger partial charge in [0.2, 0.25) is 0 Å². The molecule has 132 valence electrons. The minimum absolute atomic E-state index is 0.234. The molecule has 3 aromatic rings. The summed E-state index contributed by atoms with van der Waals surface area (Å²) in [6.45, 7) is 4.44. The Balaban J connectivity index is 1.62. The lowest BCUT2D eigenvalue weighted by molar-refractivity contribution is 0.102. The van der Waals surface area contributed by atoms with Crippen molar-refractivity contribution in [3.63, 3.8) is 0 Å². The molecule has 0 bridgehead atoms. The average molecular weight is 350 g/mol. The molecule has 1 heterocycles. The van der Waals surface area contributed by atoms with E-state index in [1.54, 1.807) is 12.1 Å². The van der Waals surface area contributed by atoms with Gasteiger partial charge in [-0.3, -0.25) is 4.79 Å². The lowest BCUT2D eigenvalue weighted by Gasteiger charge is -2.10. The van der Waals surface area contributed by atoms with Gasteiger partial charge >= 0.3 is 0 Å². The molecule has 0 saturated carbocycles. The van der Waals surface area contributed by atoms with Crippen molar-refractivity contribution in [2.45, 2.75) is 20.4 Å². The molecule has 0 fully saturated rings. The Morgan fingerprint density at radius 2 is 1.81 bits per heavy atom. The van der Waals surface area contributed by atoms with Crippen LogP contribution in [0.5, 0.6) is 0 Å². The van der Waals surface area contributed by atoms with Crippen LogP contribution >= 0.6 is 0 Å². The maximum Gasteiger partial charge on any atom is 0.275 e. The van der Waals surface area contributed by atoms with Crippen LogP contribution in [0.1, 0.15) is 27.2 Å². The molecule has 1 amide bonds. The van der Waals surface area contributed by atoms with Crippen molar-refractivity contribution in [1.29, 1.82) is 0 Å². The second kappa shape index (κ2) is 7.74. The van der Waals surface area contributed by atoms with E-state index >= 15 is 0 Å². The van der Waals surface area contributed by atoms with Gasteiger partial charge in [0.25, 0.3) is 5.91 Å². The zero-order valence-corrected chi connectivity index (χ0v) is 14.6. The van der Waals surface area contributed by atoms with Crippen LogP contribution < -0.4 is 10.6 Å². The third kappa shape index (κ3) is 4.22. The molecule has 0 aliphatic rings. The van der Waals surface area contributed by atoms with Gasteiger partial charge in [0.05, 0.1) is 12.4 Å². The van der Waals surface area contributed by atoms with Gasteiger partial charge in [-0.15, -0.1) is 0 Å². The molecule has 26 heavy (non-hydrogen) atoms. The molecule has 0 spiro atoms. The highest BCUT2D eigenvalue weighted by atomic mass is 19.1. The Hall–Kier alpha value is -3.28. The van der Waals surface area contributed by atoms with E-state index < -0.39 is 0 Å². The maximum atomic E-state index is 12.9. The van der Waals surface area contributed by atoms with Gasteiger partial charge in [0, 0.05) is 12.2 Å². The van der Waals surface area contributed by atoms with Crippen LogP contribution in [0, 0.1) is 19.7 Å². The number of halogens is 1. The Labute approximate surface area is 151 Å². The van der Waals surface area contributed by atoms with Crippen LogP contribution in [0.25, 0.3) is 0 Å². The molecule has 0 atom stereocenters. The van der Waals surface area contributed by atoms with E-state index in [1.807, 2.05) is 32.0 Å². The summed E-state index contributed by atoms with van der Waals surface area (Å²) in [4.78, 5) is 20.7. The predicted octanol–water partition coefficient (Wildman–Crippen LogP) is 4.10. The van der Waals surface area contributed by atoms with Crippen LogP contribution in [-0.2, 0) is 6.54 Å². The fourth-order valence-corrected chi connectivity index (χ4v) is 2.40. The standard InChI is InChI=1S/C20H19FN4O/c1-13-4-3-5-17(14(13)2)25-20(26)18-11-24-19(12-22-18)23-10-15-6-8-16(21)9-7-15/h3-9,11-12H,10H2,1-2H3,(H,23,24)(H,25,26). The first-order valence-corrected chi connectivity index (χ1v) is 8.21. The van der Waals surface area contributed by atoms with Gasteiger partial charge in [0.1, 0.15) is 17.3 Å². The quantitative estimate of drug-likeness (QED) is 0.727. The van der Waals surface area contributed by atoms with Crippen LogP contribution in [0.15, 0.2) is 54.9 Å². The summed E-state index contributed by atoms with van der Waals surface area (Å²) < 4.78 is 12.9. The van der Waals surface area contributed by atoms with Gasteiger partial charge in [-0.1, -0.05) is 24.3 Å². The molecule has 2 N–H and O–H groups in total. The molecular weight excluding hydrogens is 331 g/mol. The number of aryl methyl sites for hydroxylation is 1. The second-order valence-electron chi connectivity index (χ2n) is 5.97. The number of carbonyl (C=O) groups excluding carboxylic acids is 1. The summed E-state index contributed by atoms with van der Waals surface area (Å²) in [5, 5.41) is 5.94. The molecule has 1 aromatic heterocycles. The first-order valence-electron chi connectivity index (χ1n) is 8.21. The number of rotatable bonds is 5. The number of nitrogens with zero attached hydrogens (tertiary/aromatic N) is 2. The molecular formula is C20H19FN4O. The lowest BCUT2D eigenvalue weighted by Crippen LogP contribution is -2.15. The molecule has 0 aliphatic carbocycles. The highest BCUT2D eigenvalue weighted by Crippen LogP contribution is 2.18. The number of amides is 1. The zero-order chi connectivity index (χ0) is 18.5. The van der Waals surface area contributed by atoms with E-state index in [4.69, 9.17) is 0 Å². The van der Waals surface area contributed by atoms with Crippen molar-refractivity contribution in [3.8, 4) is 0 Å². The van der Waals surface area contributed by atoms with Crippen LogP contribution in [0.3, 0.4) is 0 Å². The summed E-state index contributed by atoms with van der Waals surface area (Å²) >= 11 is 0. The smallest absolute Gasteiger partial charge is 0.275 e. The van der Waals surface area contributed by atoms with Gasteiger partial charge < -0.3 is 10.6 Å². The summed E-state index contributed by atoms with van der Waals surface area (Å²) in [6.07, 6.45) is 2.93. The Morgan fingerprint density at radius 1 is 1.04 bits per heavy atom. The van der Waals surface area contributed by atoms with Crippen molar-refractivity contribution in [1.82, 2.24) is 9.97 Å². The lowest BCUT2D eigenvalue weighted by atomic mass is 10.1. The van der Waals surface area contributed by atoms with E-state index in [1.165, 1.54) is 24.5 Å². The van der Waals surface area contributed by atoms with Crippen molar-refractivity contribution in [2.75, 3.05) is 10.6 Å². The number of hydrogen-bond donors (Lipinski definition) is 2. The van der Waals surface area contributed by atoms with Crippen molar-refractivity contribution < 1.29 is 9.18 Å². The highest BCUT2D eigenvalue weighted by Gasteiger charge is 2.10. The first-order chi connectivity index (χ1) is 12.5. The highest BCUT2D eigenvalue weighted by molar-refractivity contribution is 6.03. The molecule has 5 nitrogen and oxygen atoms in total. The zero-order valence-electron chi connectivity index (χ0n) is 14.6. The van der Waals surface area contributed by atoms with E-state index in [-0.39, 0.29) is 17.4 Å². The van der Waals surface area contributed by atoms with Gasteiger partial charge in [-0.05, 0) is 48.7 Å². The monoisotopic (exact) mass is 350 g/mol. The summed E-state index contributed by atoms with van der Waals surface area (Å²) in [5.41, 5.74) is 4.04. The predicted molar refractivity (Wildman–Crippen MR) is 99.6 cm³/mol. The fraction of sp³-hybridized carbons (Fsp3) is 0.150.